The third-order valence-electron chi connectivity index (χ3n) is 7.03. The van der Waals surface area contributed by atoms with E-state index in [1.54, 1.807) is 20.3 Å². The molecule has 0 radical (unpaired) electrons. The number of phenols is 1. The van der Waals surface area contributed by atoms with Crippen LogP contribution >= 0.6 is 0 Å². The van der Waals surface area contributed by atoms with Gasteiger partial charge in [0.1, 0.15) is 0 Å². The monoisotopic (exact) mass is 437 g/mol. The highest BCUT2D eigenvalue weighted by atomic mass is 16.5. The van der Waals surface area contributed by atoms with Gasteiger partial charge in [-0.1, -0.05) is 12.1 Å². The minimum absolute atomic E-state index is 0.0780. The van der Waals surface area contributed by atoms with Crippen LogP contribution in [0.5, 0.6) is 23.0 Å². The highest BCUT2D eigenvalue weighted by Crippen LogP contribution is 2.53. The van der Waals surface area contributed by atoms with Gasteiger partial charge in [-0.15, -0.1) is 0 Å². The number of methoxy groups -OCH3 is 2. The molecule has 2 aromatic carbocycles. The van der Waals surface area contributed by atoms with Crippen molar-refractivity contribution in [1.82, 2.24) is 9.91 Å². The summed E-state index contributed by atoms with van der Waals surface area (Å²) in [6.07, 6.45) is 2.50. The lowest BCUT2D eigenvalue weighted by atomic mass is 9.90. The summed E-state index contributed by atoms with van der Waals surface area (Å²) in [6.45, 7) is 6.41. The van der Waals surface area contributed by atoms with E-state index in [0.717, 1.165) is 60.7 Å². The molecule has 2 aromatic rings. The van der Waals surface area contributed by atoms with Crippen molar-refractivity contribution in [2.45, 2.75) is 50.9 Å². The molecule has 1 N–H and O–H groups in total. The van der Waals surface area contributed by atoms with Gasteiger partial charge in [0.25, 0.3) is 0 Å². The fraction of sp³-hybridized carbons (Fsp3) is 0.480. The van der Waals surface area contributed by atoms with E-state index in [1.807, 2.05) is 24.3 Å². The number of ether oxygens (including phenoxy) is 3. The van der Waals surface area contributed by atoms with Crippen LogP contribution in [0.3, 0.4) is 0 Å². The van der Waals surface area contributed by atoms with Crippen molar-refractivity contribution >= 4 is 5.71 Å². The van der Waals surface area contributed by atoms with Crippen LogP contribution < -0.4 is 14.2 Å². The molecule has 1 atom stereocenters. The molecule has 7 heteroatoms. The Morgan fingerprint density at radius 3 is 2.53 bits per heavy atom. The summed E-state index contributed by atoms with van der Waals surface area (Å²) in [5.41, 5.74) is 2.53. The molecular formula is C25H31N3O4. The van der Waals surface area contributed by atoms with Crippen molar-refractivity contribution in [3.8, 4) is 23.0 Å². The lowest BCUT2D eigenvalue weighted by Crippen LogP contribution is -2.59. The second-order valence-corrected chi connectivity index (χ2v) is 9.05. The van der Waals surface area contributed by atoms with Gasteiger partial charge in [0.05, 0.1) is 26.0 Å². The molecule has 1 fully saturated rings. The number of aromatic hydroxyl groups is 1. The van der Waals surface area contributed by atoms with E-state index in [0.29, 0.717) is 11.8 Å². The average Bonchev–Trinajstić information content (AvgIpc) is 3.26. The van der Waals surface area contributed by atoms with Gasteiger partial charge in [0.15, 0.2) is 23.0 Å². The molecule has 7 nitrogen and oxygen atoms in total. The number of benzene rings is 2. The molecule has 1 spiro atoms. The largest absolute Gasteiger partial charge is 0.504 e. The number of hydrazone groups is 1. The molecule has 3 aliphatic heterocycles. The Balaban J connectivity index is 1.56. The highest BCUT2D eigenvalue weighted by Gasteiger charge is 2.52. The van der Waals surface area contributed by atoms with E-state index in [1.165, 1.54) is 0 Å². The van der Waals surface area contributed by atoms with Gasteiger partial charge in [-0.25, -0.2) is 5.01 Å². The lowest BCUT2D eigenvalue weighted by molar-refractivity contribution is -0.153. The fourth-order valence-corrected chi connectivity index (χ4v) is 5.18. The first-order valence-electron chi connectivity index (χ1n) is 11.3. The quantitative estimate of drug-likeness (QED) is 0.775. The molecule has 5 rings (SSSR count). The Labute approximate surface area is 189 Å². The molecule has 0 aromatic heterocycles. The Bertz CT molecular complexity index is 1040. The third kappa shape index (κ3) is 3.26. The summed E-state index contributed by atoms with van der Waals surface area (Å²) in [4.78, 5) is 2.49. The topological polar surface area (TPSA) is 66.8 Å². The zero-order chi connectivity index (χ0) is 22.5. The maximum Gasteiger partial charge on any atom is 0.200 e. The molecule has 0 amide bonds. The van der Waals surface area contributed by atoms with E-state index >= 15 is 0 Å². The minimum atomic E-state index is -0.500. The van der Waals surface area contributed by atoms with Gasteiger partial charge >= 0.3 is 0 Å². The van der Waals surface area contributed by atoms with Gasteiger partial charge in [-0.2, -0.15) is 5.10 Å². The van der Waals surface area contributed by atoms with Crippen LogP contribution in [0.15, 0.2) is 41.5 Å². The van der Waals surface area contributed by atoms with E-state index < -0.39 is 5.72 Å². The van der Waals surface area contributed by atoms with E-state index in [-0.39, 0.29) is 11.8 Å². The smallest absolute Gasteiger partial charge is 0.200 e. The summed E-state index contributed by atoms with van der Waals surface area (Å²) in [5.74, 6) is 2.19. The summed E-state index contributed by atoms with van der Waals surface area (Å²) < 4.78 is 17.8. The molecule has 0 aliphatic carbocycles. The molecule has 0 bridgehead atoms. The van der Waals surface area contributed by atoms with Crippen molar-refractivity contribution in [1.29, 1.82) is 0 Å². The van der Waals surface area contributed by atoms with Crippen LogP contribution in [0, 0.1) is 0 Å². The Hall–Kier alpha value is -2.93. The van der Waals surface area contributed by atoms with Crippen LogP contribution in [-0.4, -0.2) is 59.8 Å². The van der Waals surface area contributed by atoms with Crippen LogP contribution in [0.1, 0.15) is 50.3 Å². The number of hydrogen-bond donors (Lipinski definition) is 1. The molecular weight excluding hydrogens is 406 g/mol. The van der Waals surface area contributed by atoms with E-state index in [9.17, 15) is 5.11 Å². The van der Waals surface area contributed by atoms with Gasteiger partial charge in [-0.3, -0.25) is 0 Å². The maximum atomic E-state index is 10.0. The standard InChI is InChI=1S/C25H31N3O4/c1-16(2)27-12-10-25(11-13-27)28-20(18-6-5-7-22(30-3)24(18)32-25)15-19(26-28)17-8-9-21(29)23(14-17)31-4/h5-9,14,16,20,29H,10-13,15H2,1-4H3. The molecule has 170 valence electrons. The van der Waals surface area contributed by atoms with Crippen LogP contribution in [0.4, 0.5) is 0 Å². The van der Waals surface area contributed by atoms with Crippen molar-refractivity contribution < 1.29 is 19.3 Å². The fourth-order valence-electron chi connectivity index (χ4n) is 5.18. The predicted octanol–water partition coefficient (Wildman–Crippen LogP) is 4.15. The molecule has 1 unspecified atom stereocenters. The number of hydrogen-bond acceptors (Lipinski definition) is 7. The van der Waals surface area contributed by atoms with Crippen molar-refractivity contribution in [2.24, 2.45) is 5.10 Å². The Morgan fingerprint density at radius 1 is 1.09 bits per heavy atom. The van der Waals surface area contributed by atoms with Crippen LogP contribution in [0.25, 0.3) is 0 Å². The summed E-state index contributed by atoms with van der Waals surface area (Å²) >= 11 is 0. The number of likely N-dealkylation sites (tertiary alicyclic amines) is 1. The molecule has 32 heavy (non-hydrogen) atoms. The normalized spacial score (nSPS) is 21.7. The van der Waals surface area contributed by atoms with E-state index in [2.05, 4.69) is 29.8 Å². The second kappa shape index (κ2) is 7.89. The summed E-state index contributed by atoms with van der Waals surface area (Å²) in [6, 6.07) is 12.1. The zero-order valence-electron chi connectivity index (χ0n) is 19.2. The SMILES string of the molecule is COc1cc(C2=NN3C(C2)c2cccc(OC)c2OC32CCN(C(C)C)CC2)ccc1O. The molecule has 0 saturated carbocycles. The number of piperidine rings is 1. The number of fused-ring (bicyclic) bond motifs is 4. The third-order valence-corrected chi connectivity index (χ3v) is 7.03. The van der Waals surface area contributed by atoms with Gasteiger partial charge in [0, 0.05) is 49.5 Å². The summed E-state index contributed by atoms with van der Waals surface area (Å²) in [7, 11) is 3.26. The Morgan fingerprint density at radius 2 is 1.84 bits per heavy atom. The summed E-state index contributed by atoms with van der Waals surface area (Å²) in [5, 5.41) is 17.3. The average molecular weight is 438 g/mol. The second-order valence-electron chi connectivity index (χ2n) is 9.05. The van der Waals surface area contributed by atoms with Gasteiger partial charge in [0.2, 0.25) is 5.72 Å². The van der Waals surface area contributed by atoms with Crippen LogP contribution in [-0.2, 0) is 0 Å². The maximum absolute atomic E-state index is 10.0. The van der Waals surface area contributed by atoms with Gasteiger partial charge in [-0.05, 0) is 38.1 Å². The molecule has 1 saturated heterocycles. The Kier molecular flexibility index (Phi) is 5.16. The zero-order valence-corrected chi connectivity index (χ0v) is 19.2. The number of para-hydroxylation sites is 1. The minimum Gasteiger partial charge on any atom is -0.504 e. The van der Waals surface area contributed by atoms with Crippen molar-refractivity contribution in [3.63, 3.8) is 0 Å². The molecule has 3 aliphatic rings. The first kappa shape index (κ1) is 20.9. The lowest BCUT2D eigenvalue weighted by Gasteiger charge is -2.51. The first-order valence-corrected chi connectivity index (χ1v) is 11.3. The number of nitrogens with zero attached hydrogens (tertiary/aromatic N) is 3. The van der Waals surface area contributed by atoms with E-state index in [4.69, 9.17) is 19.3 Å². The first-order chi connectivity index (χ1) is 15.5. The number of phenolic OH excluding ortho intramolecular Hbond substituents is 1. The van der Waals surface area contributed by atoms with Gasteiger partial charge < -0.3 is 24.2 Å². The number of rotatable bonds is 4. The van der Waals surface area contributed by atoms with Crippen molar-refractivity contribution in [3.05, 3.63) is 47.5 Å². The predicted molar refractivity (Wildman–Crippen MR) is 123 cm³/mol. The highest BCUT2D eigenvalue weighted by molar-refractivity contribution is 6.02. The van der Waals surface area contributed by atoms with Crippen LogP contribution in [0.2, 0.25) is 0 Å². The molecule has 3 heterocycles. The van der Waals surface area contributed by atoms with Crippen molar-refractivity contribution in [2.75, 3.05) is 27.3 Å².